The lowest BCUT2D eigenvalue weighted by atomic mass is 9.85. The number of methoxy groups -OCH3 is 1. The monoisotopic (exact) mass is 613 g/mol. The van der Waals surface area contributed by atoms with E-state index in [1.54, 1.807) is 37.3 Å². The Labute approximate surface area is 250 Å². The number of aromatic nitrogens is 1. The third kappa shape index (κ3) is 5.79. The summed E-state index contributed by atoms with van der Waals surface area (Å²) >= 11 is 0. The van der Waals surface area contributed by atoms with E-state index in [0.29, 0.717) is 24.1 Å². The van der Waals surface area contributed by atoms with Crippen LogP contribution in [0.15, 0.2) is 53.5 Å². The van der Waals surface area contributed by atoms with Crippen LogP contribution in [0, 0.1) is 17.5 Å². The number of rotatable bonds is 8. The fourth-order valence-corrected chi connectivity index (χ4v) is 5.70. The van der Waals surface area contributed by atoms with Crippen molar-refractivity contribution in [3.05, 3.63) is 98.7 Å². The highest BCUT2D eigenvalue weighted by Crippen LogP contribution is 2.42. The Kier molecular flexibility index (Phi) is 8.51. The standard InChI is InChI=1S/C31H30F3N3O7/c1-17-8-9-31(42,12-25(38)43-2)24-15-36(17)30(41)26-28(44-16-18-6-4-3-5-7-18)27(39)21(14-37(24)26)29(40)35-13-20-22(33)10-19(32)11-23(20)34/h3-7,10-11,14,17,24,42H,8-9,12-13,15-16H2,1-2H3,(H,35,40)/t17?,24?,31-/m1/s1. The molecule has 2 aliphatic rings. The molecule has 2 bridgehead atoms. The van der Waals surface area contributed by atoms with Crippen LogP contribution in [0.25, 0.3) is 0 Å². The second kappa shape index (κ2) is 12.2. The van der Waals surface area contributed by atoms with Crippen LogP contribution in [0.4, 0.5) is 13.2 Å². The van der Waals surface area contributed by atoms with Gasteiger partial charge in [0.15, 0.2) is 11.4 Å². The van der Waals surface area contributed by atoms with Crippen LogP contribution in [0.2, 0.25) is 0 Å². The molecule has 44 heavy (non-hydrogen) atoms. The van der Waals surface area contributed by atoms with Crippen molar-refractivity contribution in [2.75, 3.05) is 13.7 Å². The van der Waals surface area contributed by atoms with E-state index in [1.807, 2.05) is 0 Å². The van der Waals surface area contributed by atoms with Gasteiger partial charge in [0.25, 0.3) is 11.8 Å². The fraction of sp³-hybridized carbons (Fsp3) is 0.355. The summed E-state index contributed by atoms with van der Waals surface area (Å²) in [4.78, 5) is 54.9. The predicted molar refractivity (Wildman–Crippen MR) is 149 cm³/mol. The van der Waals surface area contributed by atoms with Crippen LogP contribution in [0.5, 0.6) is 5.75 Å². The number of carbonyl (C=O) groups excluding carboxylic acids is 3. The smallest absolute Gasteiger partial charge is 0.308 e. The number of esters is 1. The summed E-state index contributed by atoms with van der Waals surface area (Å²) in [5.41, 5.74) is -3.45. The van der Waals surface area contributed by atoms with E-state index in [4.69, 9.17) is 9.47 Å². The van der Waals surface area contributed by atoms with Gasteiger partial charge in [0, 0.05) is 43.0 Å². The molecule has 2 aromatic carbocycles. The highest BCUT2D eigenvalue weighted by molar-refractivity contribution is 5.99. The first kappa shape index (κ1) is 30.8. The molecule has 3 heterocycles. The number of nitrogens with zero attached hydrogens (tertiary/aromatic N) is 2. The molecule has 232 valence electrons. The summed E-state index contributed by atoms with van der Waals surface area (Å²) in [6, 6.07) is 8.29. The Bertz CT molecular complexity index is 1660. The molecule has 1 saturated heterocycles. The third-order valence-electron chi connectivity index (χ3n) is 8.19. The van der Waals surface area contributed by atoms with Crippen molar-refractivity contribution in [1.82, 2.24) is 14.8 Å². The Balaban J connectivity index is 1.62. The van der Waals surface area contributed by atoms with Crippen LogP contribution < -0.4 is 15.5 Å². The van der Waals surface area contributed by atoms with Gasteiger partial charge in [0.1, 0.15) is 29.6 Å². The minimum Gasteiger partial charge on any atom is -0.483 e. The number of pyridine rings is 1. The number of ether oxygens (including phenoxy) is 2. The van der Waals surface area contributed by atoms with Gasteiger partial charge < -0.3 is 29.4 Å². The molecular weight excluding hydrogens is 583 g/mol. The van der Waals surface area contributed by atoms with Crippen LogP contribution in [0.1, 0.15) is 64.2 Å². The molecule has 5 rings (SSSR count). The number of hydrogen-bond donors (Lipinski definition) is 2. The molecule has 1 fully saturated rings. The SMILES string of the molecule is COC(=O)C[C@]1(O)CCC(C)N2CC1n1cc(C(=O)NCc3c(F)cc(F)cc3F)c(=O)c(OCc3ccccc3)c1C2=O. The van der Waals surface area contributed by atoms with E-state index < -0.39 is 82.1 Å². The first-order valence-corrected chi connectivity index (χ1v) is 13.9. The van der Waals surface area contributed by atoms with E-state index in [-0.39, 0.29) is 31.3 Å². The van der Waals surface area contributed by atoms with Gasteiger partial charge in [-0.15, -0.1) is 0 Å². The van der Waals surface area contributed by atoms with Gasteiger partial charge in [-0.3, -0.25) is 19.2 Å². The molecule has 3 atom stereocenters. The number of carbonyl (C=O) groups is 3. The van der Waals surface area contributed by atoms with Crippen molar-refractivity contribution >= 4 is 17.8 Å². The molecule has 2 N–H and O–H groups in total. The van der Waals surface area contributed by atoms with Crippen LogP contribution >= 0.6 is 0 Å². The predicted octanol–water partition coefficient (Wildman–Crippen LogP) is 3.25. The molecule has 1 aromatic heterocycles. The van der Waals surface area contributed by atoms with E-state index in [1.165, 1.54) is 16.6 Å². The zero-order valence-corrected chi connectivity index (χ0v) is 23.9. The second-order valence-electron chi connectivity index (χ2n) is 11.0. The van der Waals surface area contributed by atoms with Crippen molar-refractivity contribution in [1.29, 1.82) is 0 Å². The fourth-order valence-electron chi connectivity index (χ4n) is 5.70. The number of aliphatic hydroxyl groups is 1. The van der Waals surface area contributed by atoms with Gasteiger partial charge in [0.05, 0.1) is 25.2 Å². The first-order valence-electron chi connectivity index (χ1n) is 13.9. The molecule has 13 heteroatoms. The Morgan fingerprint density at radius 3 is 2.45 bits per heavy atom. The molecule has 3 aromatic rings. The molecular formula is C31H30F3N3O7. The number of nitrogens with one attached hydrogen (secondary N) is 1. The number of amides is 2. The van der Waals surface area contributed by atoms with Crippen molar-refractivity contribution < 1.29 is 42.1 Å². The zero-order chi connectivity index (χ0) is 31.8. The minimum absolute atomic E-state index is 0.0471. The summed E-state index contributed by atoms with van der Waals surface area (Å²) in [5.74, 6) is -6.40. The second-order valence-corrected chi connectivity index (χ2v) is 11.0. The molecule has 10 nitrogen and oxygen atoms in total. The molecule has 2 amide bonds. The number of halogens is 3. The summed E-state index contributed by atoms with van der Waals surface area (Å²) in [6.07, 6.45) is 1.07. The maximum Gasteiger partial charge on any atom is 0.308 e. The van der Waals surface area contributed by atoms with Crippen molar-refractivity contribution in [2.45, 2.75) is 57.0 Å². The van der Waals surface area contributed by atoms with E-state index in [0.717, 1.165) is 6.20 Å². The van der Waals surface area contributed by atoms with Crippen molar-refractivity contribution in [2.24, 2.45) is 0 Å². The highest BCUT2D eigenvalue weighted by Gasteiger charge is 2.50. The van der Waals surface area contributed by atoms with E-state index in [9.17, 15) is 37.5 Å². The van der Waals surface area contributed by atoms with Gasteiger partial charge in [-0.1, -0.05) is 30.3 Å². The summed E-state index contributed by atoms with van der Waals surface area (Å²) in [5, 5.41) is 14.1. The molecule has 0 radical (unpaired) electrons. The minimum atomic E-state index is -1.74. The maximum atomic E-state index is 14.2. The average molecular weight is 614 g/mol. The molecule has 2 aliphatic heterocycles. The number of fused-ring (bicyclic) bond motifs is 4. The lowest BCUT2D eigenvalue weighted by Crippen LogP contribution is -2.53. The lowest BCUT2D eigenvalue weighted by molar-refractivity contribution is -0.148. The Morgan fingerprint density at radius 2 is 1.80 bits per heavy atom. The normalized spacial score (nSPS) is 20.9. The molecule has 0 aliphatic carbocycles. The van der Waals surface area contributed by atoms with Gasteiger partial charge in [-0.05, 0) is 25.3 Å². The molecule has 0 saturated carbocycles. The third-order valence-corrected chi connectivity index (χ3v) is 8.19. The number of benzene rings is 2. The first-order chi connectivity index (χ1) is 20.9. The van der Waals surface area contributed by atoms with Crippen LogP contribution in [-0.2, 0) is 22.7 Å². The van der Waals surface area contributed by atoms with Gasteiger partial charge >= 0.3 is 5.97 Å². The van der Waals surface area contributed by atoms with Crippen molar-refractivity contribution in [3.63, 3.8) is 0 Å². The van der Waals surface area contributed by atoms with Gasteiger partial charge in [-0.2, -0.15) is 0 Å². The van der Waals surface area contributed by atoms with Crippen molar-refractivity contribution in [3.8, 4) is 5.75 Å². The van der Waals surface area contributed by atoms with Gasteiger partial charge in [-0.25, -0.2) is 13.2 Å². The van der Waals surface area contributed by atoms with E-state index >= 15 is 0 Å². The number of hydrogen-bond acceptors (Lipinski definition) is 7. The summed E-state index contributed by atoms with van der Waals surface area (Å²) in [6.45, 7) is 0.860. The Morgan fingerprint density at radius 1 is 1.11 bits per heavy atom. The molecule has 0 spiro atoms. The maximum absolute atomic E-state index is 14.2. The largest absolute Gasteiger partial charge is 0.483 e. The highest BCUT2D eigenvalue weighted by atomic mass is 19.1. The van der Waals surface area contributed by atoms with Crippen LogP contribution in [-0.4, -0.2) is 57.7 Å². The van der Waals surface area contributed by atoms with Gasteiger partial charge in [0.2, 0.25) is 5.43 Å². The van der Waals surface area contributed by atoms with E-state index in [2.05, 4.69) is 5.32 Å². The Hall–Kier alpha value is -4.65. The summed E-state index contributed by atoms with van der Waals surface area (Å²) < 4.78 is 53.9. The molecule has 2 unspecified atom stereocenters. The topological polar surface area (TPSA) is 127 Å². The quantitative estimate of drug-likeness (QED) is 0.374. The zero-order valence-electron chi connectivity index (χ0n) is 23.9. The summed E-state index contributed by atoms with van der Waals surface area (Å²) in [7, 11) is 1.18. The van der Waals surface area contributed by atoms with Crippen LogP contribution in [0.3, 0.4) is 0 Å². The average Bonchev–Trinajstić information content (AvgIpc) is 3.09. The lowest BCUT2D eigenvalue weighted by Gasteiger charge is -2.42.